The van der Waals surface area contributed by atoms with Gasteiger partial charge in [0.1, 0.15) is 11.7 Å². The fourth-order valence-electron chi connectivity index (χ4n) is 3.30. The second-order valence-electron chi connectivity index (χ2n) is 6.29. The number of anilines is 1. The molecule has 6 heteroatoms. The highest BCUT2D eigenvalue weighted by Crippen LogP contribution is 2.27. The van der Waals surface area contributed by atoms with Gasteiger partial charge in [0.2, 0.25) is 0 Å². The number of pyridine rings is 1. The third-order valence-electron chi connectivity index (χ3n) is 4.64. The molecule has 0 atom stereocenters. The summed E-state index contributed by atoms with van der Waals surface area (Å²) in [6.07, 6.45) is 5.33. The van der Waals surface area contributed by atoms with Gasteiger partial charge >= 0.3 is 0 Å². The SMILES string of the molecule is N#Cc1c(N2CCC(=Cc3ccc(F)c(F)c3)CC2)nc2ccccn12. The van der Waals surface area contributed by atoms with Gasteiger partial charge in [0.25, 0.3) is 0 Å². The first-order chi connectivity index (χ1) is 12.7. The van der Waals surface area contributed by atoms with Crippen LogP contribution in [-0.2, 0) is 0 Å². The second-order valence-corrected chi connectivity index (χ2v) is 6.29. The molecule has 3 heterocycles. The number of hydrogen-bond donors (Lipinski definition) is 0. The summed E-state index contributed by atoms with van der Waals surface area (Å²) < 4.78 is 28.2. The van der Waals surface area contributed by atoms with E-state index < -0.39 is 11.6 Å². The molecule has 4 rings (SSSR count). The Morgan fingerprint density at radius 1 is 1.08 bits per heavy atom. The molecule has 3 aromatic rings. The molecule has 1 aromatic carbocycles. The monoisotopic (exact) mass is 350 g/mol. The number of imidazole rings is 1. The van der Waals surface area contributed by atoms with Crippen LogP contribution < -0.4 is 4.90 Å². The standard InChI is InChI=1S/C20H16F2N4/c21-16-5-4-15(12-17(16)22)11-14-6-9-25(10-7-14)20-18(13-23)26-8-2-1-3-19(26)24-20/h1-5,8,11-12H,6-7,9-10H2. The average molecular weight is 350 g/mol. The molecule has 130 valence electrons. The maximum atomic E-state index is 13.3. The molecule has 0 aliphatic carbocycles. The number of halogens is 2. The van der Waals surface area contributed by atoms with E-state index in [1.165, 1.54) is 11.6 Å². The minimum absolute atomic E-state index is 0.536. The Kier molecular flexibility index (Phi) is 4.13. The van der Waals surface area contributed by atoms with Crippen molar-refractivity contribution in [1.29, 1.82) is 5.26 Å². The first kappa shape index (κ1) is 16.3. The van der Waals surface area contributed by atoms with Crippen molar-refractivity contribution < 1.29 is 8.78 Å². The topological polar surface area (TPSA) is 44.3 Å². The summed E-state index contributed by atoms with van der Waals surface area (Å²) in [5.41, 5.74) is 3.13. The normalized spacial score (nSPS) is 14.5. The summed E-state index contributed by atoms with van der Waals surface area (Å²) in [4.78, 5) is 6.70. The highest BCUT2D eigenvalue weighted by atomic mass is 19.2. The van der Waals surface area contributed by atoms with E-state index in [-0.39, 0.29) is 0 Å². The van der Waals surface area contributed by atoms with Gasteiger partial charge in [0, 0.05) is 19.3 Å². The number of nitriles is 1. The Balaban J connectivity index is 1.54. The first-order valence-corrected chi connectivity index (χ1v) is 8.42. The van der Waals surface area contributed by atoms with Gasteiger partial charge < -0.3 is 4.90 Å². The van der Waals surface area contributed by atoms with Crippen molar-refractivity contribution in [3.8, 4) is 6.07 Å². The van der Waals surface area contributed by atoms with Crippen molar-refractivity contribution in [3.63, 3.8) is 0 Å². The molecule has 4 nitrogen and oxygen atoms in total. The third kappa shape index (κ3) is 2.93. The molecule has 1 fully saturated rings. The molecule has 26 heavy (non-hydrogen) atoms. The number of aromatic nitrogens is 2. The van der Waals surface area contributed by atoms with Crippen LogP contribution in [0.25, 0.3) is 11.7 Å². The van der Waals surface area contributed by atoms with Crippen molar-refractivity contribution in [2.75, 3.05) is 18.0 Å². The molecular formula is C20H16F2N4. The van der Waals surface area contributed by atoms with Gasteiger partial charge in [-0.3, -0.25) is 4.40 Å². The number of hydrogen-bond acceptors (Lipinski definition) is 3. The molecule has 1 saturated heterocycles. The largest absolute Gasteiger partial charge is 0.354 e. The molecule has 0 unspecified atom stereocenters. The van der Waals surface area contributed by atoms with E-state index in [9.17, 15) is 14.0 Å². The molecule has 2 aromatic heterocycles. The van der Waals surface area contributed by atoms with E-state index in [4.69, 9.17) is 0 Å². The van der Waals surface area contributed by atoms with Crippen LogP contribution in [0.1, 0.15) is 24.1 Å². The van der Waals surface area contributed by atoms with Crippen molar-refractivity contribution >= 4 is 17.5 Å². The molecule has 1 aliphatic rings. The highest BCUT2D eigenvalue weighted by Gasteiger charge is 2.21. The maximum Gasteiger partial charge on any atom is 0.169 e. The van der Waals surface area contributed by atoms with Crippen LogP contribution >= 0.6 is 0 Å². The summed E-state index contributed by atoms with van der Waals surface area (Å²) in [5.74, 6) is -0.969. The first-order valence-electron chi connectivity index (χ1n) is 8.42. The fourth-order valence-corrected chi connectivity index (χ4v) is 3.30. The molecule has 0 radical (unpaired) electrons. The van der Waals surface area contributed by atoms with Gasteiger partial charge in [-0.2, -0.15) is 5.26 Å². The van der Waals surface area contributed by atoms with E-state index in [0.717, 1.165) is 37.6 Å². The summed E-state index contributed by atoms with van der Waals surface area (Å²) in [6.45, 7) is 1.46. The van der Waals surface area contributed by atoms with Gasteiger partial charge in [0.05, 0.1) is 0 Å². The zero-order chi connectivity index (χ0) is 18.1. The zero-order valence-electron chi connectivity index (χ0n) is 14.0. The lowest BCUT2D eigenvalue weighted by Crippen LogP contribution is -2.31. The number of rotatable bonds is 2. The van der Waals surface area contributed by atoms with Crippen LogP contribution in [0.3, 0.4) is 0 Å². The number of nitrogens with zero attached hydrogens (tertiary/aromatic N) is 4. The van der Waals surface area contributed by atoms with Crippen LogP contribution in [0.5, 0.6) is 0 Å². The molecule has 0 bridgehead atoms. The summed E-state index contributed by atoms with van der Waals surface area (Å²) in [7, 11) is 0. The minimum Gasteiger partial charge on any atom is -0.354 e. The predicted octanol–water partition coefficient (Wildman–Crippen LogP) is 4.17. The molecule has 0 saturated carbocycles. The Morgan fingerprint density at radius 3 is 2.62 bits per heavy atom. The van der Waals surface area contributed by atoms with Crippen LogP contribution in [0.15, 0.2) is 48.2 Å². The summed E-state index contributed by atoms with van der Waals surface area (Å²) >= 11 is 0. The molecular weight excluding hydrogens is 334 g/mol. The van der Waals surface area contributed by atoms with Gasteiger partial charge in [0.15, 0.2) is 23.1 Å². The Morgan fingerprint density at radius 2 is 1.88 bits per heavy atom. The number of fused-ring (bicyclic) bond motifs is 1. The highest BCUT2D eigenvalue weighted by molar-refractivity contribution is 5.61. The van der Waals surface area contributed by atoms with Crippen molar-refractivity contribution in [3.05, 3.63) is 71.1 Å². The molecule has 0 spiro atoms. The predicted molar refractivity (Wildman–Crippen MR) is 95.7 cm³/mol. The lowest BCUT2D eigenvalue weighted by Gasteiger charge is -2.28. The van der Waals surface area contributed by atoms with Crippen molar-refractivity contribution in [2.24, 2.45) is 0 Å². The quantitative estimate of drug-likeness (QED) is 0.697. The average Bonchev–Trinajstić information content (AvgIpc) is 3.04. The molecule has 0 N–H and O–H groups in total. The summed E-state index contributed by atoms with van der Waals surface area (Å²) in [5, 5.41) is 9.52. The minimum atomic E-state index is -0.835. The van der Waals surface area contributed by atoms with E-state index in [2.05, 4.69) is 16.0 Å². The Bertz CT molecular complexity index is 1040. The molecule has 1 aliphatic heterocycles. The van der Waals surface area contributed by atoms with Gasteiger partial charge in [-0.1, -0.05) is 23.8 Å². The van der Waals surface area contributed by atoms with E-state index in [1.807, 2.05) is 30.5 Å². The maximum absolute atomic E-state index is 13.3. The van der Waals surface area contributed by atoms with E-state index in [0.29, 0.717) is 17.1 Å². The van der Waals surface area contributed by atoms with Crippen molar-refractivity contribution in [1.82, 2.24) is 9.38 Å². The van der Waals surface area contributed by atoms with Crippen molar-refractivity contribution in [2.45, 2.75) is 12.8 Å². The fraction of sp³-hybridized carbons (Fsp3) is 0.200. The van der Waals surface area contributed by atoms with Crippen LogP contribution in [0.2, 0.25) is 0 Å². The third-order valence-corrected chi connectivity index (χ3v) is 4.64. The number of piperidine rings is 1. The Hall–Kier alpha value is -3.20. The van der Waals surface area contributed by atoms with Gasteiger partial charge in [-0.05, 0) is 42.7 Å². The van der Waals surface area contributed by atoms with Gasteiger partial charge in [-0.25, -0.2) is 13.8 Å². The number of benzene rings is 1. The van der Waals surface area contributed by atoms with Gasteiger partial charge in [-0.15, -0.1) is 0 Å². The van der Waals surface area contributed by atoms with Crippen LogP contribution in [0, 0.1) is 23.0 Å². The lowest BCUT2D eigenvalue weighted by molar-refractivity contribution is 0.508. The molecule has 0 amide bonds. The lowest BCUT2D eigenvalue weighted by atomic mass is 10.0. The zero-order valence-corrected chi connectivity index (χ0v) is 14.0. The van der Waals surface area contributed by atoms with Crippen LogP contribution in [0.4, 0.5) is 14.6 Å². The van der Waals surface area contributed by atoms with E-state index >= 15 is 0 Å². The second kappa shape index (κ2) is 6.60. The smallest absolute Gasteiger partial charge is 0.169 e. The van der Waals surface area contributed by atoms with Crippen LogP contribution in [-0.4, -0.2) is 22.5 Å². The van der Waals surface area contributed by atoms with E-state index in [1.54, 1.807) is 10.5 Å². The summed E-state index contributed by atoms with van der Waals surface area (Å²) in [6, 6.07) is 11.8. The Labute approximate surface area is 149 Å².